The number of hydrazone groups is 1. The van der Waals surface area contributed by atoms with Gasteiger partial charge in [0.15, 0.2) is 11.6 Å². The van der Waals surface area contributed by atoms with Crippen molar-refractivity contribution in [3.05, 3.63) is 111 Å². The maximum absolute atomic E-state index is 14.7. The van der Waals surface area contributed by atoms with Crippen molar-refractivity contribution in [2.75, 3.05) is 176 Å². The first kappa shape index (κ1) is 107. The molecule has 44 heteroatoms. The van der Waals surface area contributed by atoms with Crippen molar-refractivity contribution in [2.45, 2.75) is 144 Å². The van der Waals surface area contributed by atoms with Gasteiger partial charge >= 0.3 is 11.8 Å². The number of nitrogens with one attached hydrogen (secondary N) is 7. The number of carbonyl (C=O) groups excluding carboxylic acids is 5. The molecule has 0 saturated carbocycles. The van der Waals surface area contributed by atoms with E-state index in [0.29, 0.717) is 136 Å². The van der Waals surface area contributed by atoms with Gasteiger partial charge in [-0.1, -0.05) is 59.8 Å². The smallest absolute Gasteiger partial charge is 0.312 e. The quantitative estimate of drug-likeness (QED) is 0.00761. The number of hydrogen-bond donors (Lipinski definition) is 22. The number of likely N-dealkylation sites (tertiary alicyclic amines) is 1. The molecule has 6 aromatic rings. The van der Waals surface area contributed by atoms with Gasteiger partial charge in [-0.15, -0.1) is 5.10 Å². The number of amides is 1. The zero-order valence-corrected chi connectivity index (χ0v) is 79.0. The van der Waals surface area contributed by atoms with Crippen LogP contribution in [-0.2, 0) is 23.8 Å². The predicted molar refractivity (Wildman–Crippen MR) is 514 cm³/mol. The van der Waals surface area contributed by atoms with Crippen LogP contribution in [0.25, 0.3) is 21.8 Å². The number of piperidine rings is 2. The van der Waals surface area contributed by atoms with E-state index < -0.39 is 94.5 Å². The van der Waals surface area contributed by atoms with Crippen LogP contribution in [0.15, 0.2) is 91.9 Å². The SMILES string of the molecule is CC(/C=N/NC(=N)N)=N\N=C(N)N.CO[C@@H]1/C=C\O[C@@]2(C)Oc3c(C)c(O)c4c(O)c(c5c(c4c3C2=O)NC2(CCN(CC(C)C)CC2)N=5)=NC(=O)/C(C)=C\C=C/[C@@H](C)[C@@H](O)[C@H](C)[C@H](O)[C@H](C)[C@H](OC(C)=O)[C@@H]1C.O=C1c2c(O)ccc(O)c2C(=O)c2c(NCCNCCO)ccc(NCCNCCO)c21.OCCN(CCO)c1nc(N2CCCCC2)c2nc(N(CCO)CCO)ncc2n1. The summed E-state index contributed by atoms with van der Waals surface area (Å²) in [6, 6.07) is 5.74. The first-order chi connectivity index (χ1) is 64.9. The Labute approximate surface area is 787 Å². The van der Waals surface area contributed by atoms with Crippen LogP contribution in [0, 0.1) is 41.9 Å². The Bertz CT molecular complexity index is 5460. The molecule has 2 aromatic heterocycles. The van der Waals surface area contributed by atoms with Crippen LogP contribution in [-0.4, -0.2) is 320 Å². The van der Waals surface area contributed by atoms with E-state index in [1.54, 1.807) is 101 Å². The minimum absolute atomic E-state index is 0.00939. The molecule has 1 amide bonds. The van der Waals surface area contributed by atoms with E-state index in [1.807, 2.05) is 0 Å². The molecule has 5 aliphatic heterocycles. The third-order valence-electron chi connectivity index (χ3n) is 23.9. The fraction of sp³-hybridized carbons (Fsp3) is 0.533. The van der Waals surface area contributed by atoms with Crippen LogP contribution in [0.4, 0.5) is 34.8 Å². The summed E-state index contributed by atoms with van der Waals surface area (Å²) in [5.74, 6) is -7.29. The molecule has 1 aliphatic carbocycles. The summed E-state index contributed by atoms with van der Waals surface area (Å²) in [5.41, 5.74) is 19.4. The Morgan fingerprint density at radius 2 is 1.28 bits per heavy atom. The van der Waals surface area contributed by atoms with Crippen molar-refractivity contribution in [1.29, 1.82) is 5.41 Å². The number of esters is 1. The molecular weight excluding hydrogens is 1760 g/mol. The number of benzene rings is 4. The van der Waals surface area contributed by atoms with Gasteiger partial charge in [0.05, 0.1) is 121 Å². The maximum atomic E-state index is 14.7. The molecule has 25 N–H and O–H groups in total. The number of allylic oxidation sites excluding steroid dienone is 2. The number of carbonyl (C=O) groups is 5. The number of phenols is 4. The number of fused-ring (bicyclic) bond motifs is 4. The maximum Gasteiger partial charge on any atom is 0.312 e. The highest BCUT2D eigenvalue weighted by atomic mass is 16.7. The first-order valence-corrected chi connectivity index (χ1v) is 45.4. The van der Waals surface area contributed by atoms with Crippen molar-refractivity contribution in [3.63, 3.8) is 0 Å². The average Bonchev–Trinajstić information content (AvgIpc) is 1.53. The van der Waals surface area contributed by atoms with Crippen LogP contribution >= 0.6 is 0 Å². The number of ketones is 3. The lowest BCUT2D eigenvalue weighted by atomic mass is 9.78. The Morgan fingerprint density at radius 3 is 1.82 bits per heavy atom. The highest BCUT2D eigenvalue weighted by molar-refractivity contribution is 6.33. The van der Waals surface area contributed by atoms with Crippen molar-refractivity contribution in [3.8, 4) is 28.7 Å². The Kier molecular flexibility index (Phi) is 39.3. The Hall–Kier alpha value is -12.5. The van der Waals surface area contributed by atoms with Gasteiger partial charge < -0.3 is 144 Å². The van der Waals surface area contributed by atoms with Gasteiger partial charge in [-0.05, 0) is 76.3 Å². The van der Waals surface area contributed by atoms with Gasteiger partial charge in [0.25, 0.3) is 11.7 Å². The molecule has 4 aromatic carbocycles. The number of nitrogens with two attached hydrogens (primary N) is 3. The Morgan fingerprint density at radius 1 is 0.699 bits per heavy atom. The zero-order valence-electron chi connectivity index (χ0n) is 79.0. The number of phenolic OH excluding ortho intramolecular Hbond substituents is 4. The van der Waals surface area contributed by atoms with Crippen LogP contribution < -0.4 is 79.4 Å². The fourth-order valence-electron chi connectivity index (χ4n) is 16.9. The molecule has 2 fully saturated rings. The minimum Gasteiger partial charge on any atom is -0.507 e. The summed E-state index contributed by atoms with van der Waals surface area (Å²) in [6.45, 7) is 26.7. The molecule has 742 valence electrons. The molecule has 44 nitrogen and oxygen atoms in total. The highest BCUT2D eigenvalue weighted by Crippen LogP contribution is 2.52. The van der Waals surface area contributed by atoms with Gasteiger partial charge in [-0.2, -0.15) is 15.2 Å². The van der Waals surface area contributed by atoms with Crippen LogP contribution in [0.2, 0.25) is 0 Å². The second-order valence-electron chi connectivity index (χ2n) is 34.4. The van der Waals surface area contributed by atoms with E-state index >= 15 is 0 Å². The van der Waals surface area contributed by atoms with Gasteiger partial charge in [-0.25, -0.2) is 25.4 Å². The van der Waals surface area contributed by atoms with E-state index in [4.69, 9.17) is 61.7 Å². The van der Waals surface area contributed by atoms with Crippen LogP contribution in [0.5, 0.6) is 28.7 Å². The normalized spacial score (nSPS) is 21.8. The number of ether oxygens (including phenoxy) is 4. The molecule has 1 spiro atoms. The van der Waals surface area contributed by atoms with Gasteiger partial charge in [0.2, 0.25) is 35.4 Å². The van der Waals surface area contributed by atoms with Crippen molar-refractivity contribution >= 4 is 110 Å². The summed E-state index contributed by atoms with van der Waals surface area (Å²) in [6.07, 6.45) is 11.3. The lowest BCUT2D eigenvalue weighted by Gasteiger charge is -2.38. The number of Topliss-reactive ketones (excluding diaryl/α,β-unsaturated/α-hetero) is 1. The van der Waals surface area contributed by atoms with E-state index in [0.717, 1.165) is 45.6 Å². The number of aromatic nitrogens is 4. The molecule has 2 saturated heterocycles. The third kappa shape index (κ3) is 26.2. The summed E-state index contributed by atoms with van der Waals surface area (Å²) in [4.78, 5) is 104. The number of aliphatic hydroxyl groups excluding tert-OH is 8. The molecule has 0 unspecified atom stereocenters. The van der Waals surface area contributed by atoms with Gasteiger partial charge in [-0.3, -0.25) is 34.4 Å². The number of anilines is 6. The monoisotopic (exact) mass is 1900 g/mol. The Balaban J connectivity index is 0.000000231. The first-order valence-electron chi connectivity index (χ1n) is 45.4. The molecule has 0 radical (unpaired) electrons. The van der Waals surface area contributed by atoms with Crippen molar-refractivity contribution in [2.24, 2.45) is 72.1 Å². The number of aliphatic hydroxyl groups is 8. The van der Waals surface area contributed by atoms with Crippen molar-refractivity contribution < 1.29 is 104 Å². The summed E-state index contributed by atoms with van der Waals surface area (Å²) >= 11 is 0. The average molecular weight is 1900 g/mol. The van der Waals surface area contributed by atoms with Crippen LogP contribution in [0.1, 0.15) is 149 Å². The van der Waals surface area contributed by atoms with Gasteiger partial charge in [0.1, 0.15) is 56.5 Å². The minimum atomic E-state index is -1.95. The number of methoxy groups -OCH3 is 1. The number of hydrogen-bond acceptors (Lipinski definition) is 39. The van der Waals surface area contributed by atoms with E-state index in [2.05, 4.69) is 90.9 Å². The second-order valence-corrected chi connectivity index (χ2v) is 34.4. The fourth-order valence-corrected chi connectivity index (χ4v) is 16.9. The van der Waals surface area contributed by atoms with Crippen molar-refractivity contribution in [1.82, 2.24) is 40.9 Å². The predicted octanol–water partition coefficient (Wildman–Crippen LogP) is 1.71. The molecule has 12 rings (SSSR count). The summed E-state index contributed by atoms with van der Waals surface area (Å²) in [5, 5.41) is 156. The van der Waals surface area contributed by atoms with E-state index in [1.165, 1.54) is 52.0 Å². The topological polar surface area (TPSA) is 665 Å². The number of aromatic hydroxyl groups is 4. The standard InChI is InChI=1S/C46H62N4O11.C22H28N4O6.C19H31N7O4.C5H12N8/c1-22(2)21-50-18-16-46(17-19-50)48-34-31-32-39(54)28(8)42-33(31)43(56)45(10,61-42)59-20-15-30(58-11)25(5)41(60-29(9)51)27(7)38(53)26(6)37(52)23(3)13-12-14-24(4)44(57)47-36(40(32)55)35(34)49-46;27-11-9-23-5-7-25-13-1-2-14(26-8-6-24-10-12-28)18-17(13)21(31)19-15(29)3-4-16(30)20(19)22(18)32;27-10-6-25(7-11-28)18-20-14-15-16(22-18)17(24-4-2-1-3-5-24)23-19(21-15)26(8-12-29)9-13-30;1-3(11-13-5(8)9)2-10-12-4(6)7/h12-15,20,22-23,25-27,30,37-38,41,48,52-55H,16-19,21H2,1-11H3;1-4,23-30H,5-12H2;14,27-30H,1-13H2;2H,1H3,(H4,6,7,12)(H4,8,9,13)/b13-12-,20-15-,24-14-,47-36?;;;10-2+,11-3+/t23-,25-,26+,27+,30-,37-,38+,41-,45+;;;/m1.../s1. The van der Waals surface area contributed by atoms with Crippen LogP contribution in [0.3, 0.4) is 0 Å². The molecular formula is C92H133N23O21. The third-order valence-corrected chi connectivity index (χ3v) is 23.9. The molecule has 7 heterocycles. The summed E-state index contributed by atoms with van der Waals surface area (Å²) in [7, 11) is 1.47. The molecule has 4 bridgehead atoms. The second kappa shape index (κ2) is 49.9. The summed E-state index contributed by atoms with van der Waals surface area (Å²) < 4.78 is 24.0. The molecule has 6 aliphatic rings. The van der Waals surface area contributed by atoms with E-state index in [-0.39, 0.29) is 135 Å². The lowest BCUT2D eigenvalue weighted by molar-refractivity contribution is -0.160. The molecule has 136 heavy (non-hydrogen) atoms. The van der Waals surface area contributed by atoms with Gasteiger partial charge in [0, 0.05) is 184 Å². The number of guanidine groups is 2. The number of nitrogens with zero attached hydrogens (tertiary/aromatic N) is 13. The lowest BCUT2D eigenvalue weighted by Crippen LogP contribution is -2.47. The highest BCUT2D eigenvalue weighted by Gasteiger charge is 2.51. The largest absolute Gasteiger partial charge is 0.507 e. The zero-order chi connectivity index (χ0) is 99.6. The van der Waals surface area contributed by atoms with E-state index in [9.17, 15) is 75.0 Å². The number of rotatable bonds is 30. The molecule has 9 atom stereocenters.